The van der Waals surface area contributed by atoms with Gasteiger partial charge < -0.3 is 52.5 Å². The summed E-state index contributed by atoms with van der Waals surface area (Å²) in [5.41, 5.74) is 3.36. The zero-order valence-corrected chi connectivity index (χ0v) is 74.3. The summed E-state index contributed by atoms with van der Waals surface area (Å²) in [6.07, 6.45) is 49.5. The highest BCUT2D eigenvalue weighted by atomic mass is 19.2. The number of halogens is 8. The van der Waals surface area contributed by atoms with Gasteiger partial charge in [-0.3, -0.25) is 0 Å². The molecule has 16 nitrogen and oxygen atoms in total. The molecule has 0 unspecified atom stereocenters. The molecule has 24 heteroatoms. The average molecular weight is 1680 g/mol. The van der Waals surface area contributed by atoms with E-state index in [-0.39, 0.29) is 22.9 Å². The summed E-state index contributed by atoms with van der Waals surface area (Å²) in [6.45, 7) is 22.1. The maximum atomic E-state index is 17.5. The first kappa shape index (κ1) is 95.9. The van der Waals surface area contributed by atoms with Crippen LogP contribution in [0.15, 0.2) is 0 Å². The van der Waals surface area contributed by atoms with Gasteiger partial charge in [0, 0.05) is 52.4 Å². The number of anilines is 8. The Morgan fingerprint density at radius 2 is 0.350 bits per heavy atom. The van der Waals surface area contributed by atoms with Crippen molar-refractivity contribution in [1.82, 2.24) is 39.9 Å². The zero-order chi connectivity index (χ0) is 85.4. The summed E-state index contributed by atoms with van der Waals surface area (Å²) in [5, 5.41) is 31.0. The fourth-order valence-electron chi connectivity index (χ4n) is 16.9. The predicted octanol–water partition coefficient (Wildman–Crippen LogP) is 30.2. The molecule has 7 aromatic rings. The van der Waals surface area contributed by atoms with E-state index in [2.05, 4.69) is 118 Å². The topological polar surface area (TPSA) is 205 Å². The SMILES string of the molecule is CCCCCCCCNc1c(NCCCCCCCC)c(NCCCCCCCC)c2c(c1NCCCCCCCC)-c1nc-2nc2[nH]c(nc3nc(nc4[nH]c(n1)c1c(F)c(F)c(F)c(F)c41)-c1c(F)c(F)c(F)c(F)c1-3)c1c(NCCCCCCCC)c(NCCCCCCCC)c(NCCCCCCCC)c(NCCCCCCCC)c21. The van der Waals surface area contributed by atoms with Gasteiger partial charge in [-0.2, -0.15) is 0 Å². The van der Waals surface area contributed by atoms with Crippen molar-refractivity contribution in [2.24, 2.45) is 0 Å². The van der Waals surface area contributed by atoms with E-state index in [1.165, 1.54) is 0 Å². The van der Waals surface area contributed by atoms with E-state index in [1.807, 2.05) is 0 Å². The fraction of sp³-hybridized carbons (Fsp3) is 0.667. The number of nitrogens with zero attached hydrogens (tertiary/aromatic N) is 6. The van der Waals surface area contributed by atoms with Gasteiger partial charge in [0.2, 0.25) is 0 Å². The third kappa shape index (κ3) is 26.1. The summed E-state index contributed by atoms with van der Waals surface area (Å²) < 4.78 is 135. The Morgan fingerprint density at radius 1 is 0.175 bits per heavy atom. The molecule has 2 aliphatic heterocycles. The van der Waals surface area contributed by atoms with Crippen molar-refractivity contribution < 1.29 is 35.1 Å². The standard InChI is InChI=1S/C96H146F8N16/c1-9-17-25-33-41-49-57-105-81-69-71(83(107-59-51-43-35-27-19-11-3)87(111-63-55-47-39-31-23-15-7)85(81)109-61-53-45-37-29-21-13-5)95-118-93(69)116-91-67-65(73(97)77(101)79(103)75(67)99)89(114-91)113-90-66-68(76(100)80(104)78(102)74(66)98)92(115-90)117-94-70-72(96(119-94)120-95)84(108-60-52-44-36-28-20-12-4)88(112-64-56-48-40-32-24-16-8)86(110-62-54-46-38-30-22-14-6)82(70)106-58-50-42-34-26-18-10-2/h105-112H,9-64H2,1-8H3,(H2,113,114,115,116,117,118,119,120). The highest BCUT2D eigenvalue weighted by Gasteiger charge is 2.38. The molecule has 10 N–H and O–H groups in total. The van der Waals surface area contributed by atoms with Gasteiger partial charge in [0.05, 0.1) is 89.3 Å². The monoisotopic (exact) mass is 1680 g/mol. The number of unbranched alkanes of at least 4 members (excludes halogenated alkanes) is 40. The number of aromatic nitrogens is 8. The van der Waals surface area contributed by atoms with Gasteiger partial charge in [-0.25, -0.2) is 65.0 Å². The van der Waals surface area contributed by atoms with Crippen LogP contribution < -0.4 is 42.5 Å². The predicted molar refractivity (Wildman–Crippen MR) is 491 cm³/mol. The van der Waals surface area contributed by atoms with E-state index in [4.69, 9.17) is 19.9 Å². The lowest BCUT2D eigenvalue weighted by molar-refractivity contribution is 0.412. The van der Waals surface area contributed by atoms with E-state index in [9.17, 15) is 0 Å². The molecule has 3 aromatic heterocycles. The summed E-state index contributed by atoms with van der Waals surface area (Å²) in [4.78, 5) is 37.5. The van der Waals surface area contributed by atoms with Crippen molar-refractivity contribution in [3.8, 4) is 45.6 Å². The molecule has 0 spiro atoms. The Bertz CT molecular complexity index is 4470. The minimum absolute atomic E-state index is 0.00807. The van der Waals surface area contributed by atoms with Crippen LogP contribution in [0.5, 0.6) is 0 Å². The van der Waals surface area contributed by atoms with Crippen molar-refractivity contribution in [2.45, 2.75) is 364 Å². The lowest BCUT2D eigenvalue weighted by Crippen LogP contribution is -2.16. The molecule has 0 amide bonds. The number of rotatable bonds is 64. The molecular weight excluding hydrogens is 1530 g/mol. The Kier molecular flexibility index (Phi) is 42.0. The molecule has 0 aliphatic carbocycles. The summed E-state index contributed by atoms with van der Waals surface area (Å²) in [5.74, 6) is -17.8. The lowest BCUT2D eigenvalue weighted by atomic mass is 9.98. The molecular formula is C96H146F8N16. The Labute approximate surface area is 711 Å². The zero-order valence-electron chi connectivity index (χ0n) is 74.3. The van der Waals surface area contributed by atoms with E-state index < -0.39 is 91.4 Å². The molecule has 4 aromatic carbocycles. The van der Waals surface area contributed by atoms with Gasteiger partial charge in [-0.15, -0.1) is 0 Å². The molecule has 2 aliphatic rings. The smallest absolute Gasteiger partial charge is 0.198 e. The van der Waals surface area contributed by atoms with Gasteiger partial charge >= 0.3 is 0 Å². The Morgan fingerprint density at radius 3 is 0.583 bits per heavy atom. The first-order valence-electron chi connectivity index (χ1n) is 47.7. The summed E-state index contributed by atoms with van der Waals surface area (Å²) in [7, 11) is 0. The largest absolute Gasteiger partial charge is 0.383 e. The third-order valence-corrected chi connectivity index (χ3v) is 23.8. The molecule has 0 saturated carbocycles. The highest BCUT2D eigenvalue weighted by molar-refractivity contribution is 6.24. The molecule has 666 valence electrons. The van der Waals surface area contributed by atoms with Crippen molar-refractivity contribution in [1.29, 1.82) is 0 Å². The van der Waals surface area contributed by atoms with Gasteiger partial charge in [-0.05, 0) is 51.4 Å². The van der Waals surface area contributed by atoms with Gasteiger partial charge in [-0.1, -0.05) is 312 Å². The Balaban J connectivity index is 1.53. The van der Waals surface area contributed by atoms with Crippen LogP contribution in [0, 0.1) is 46.5 Å². The number of H-pyrrole nitrogens is 2. The molecule has 5 heterocycles. The molecule has 0 radical (unpaired) electrons. The third-order valence-electron chi connectivity index (χ3n) is 23.8. The fourth-order valence-corrected chi connectivity index (χ4v) is 16.9. The number of nitrogens with one attached hydrogen (secondary N) is 10. The van der Waals surface area contributed by atoms with Crippen molar-refractivity contribution in [3.63, 3.8) is 0 Å². The first-order valence-corrected chi connectivity index (χ1v) is 47.7. The summed E-state index contributed by atoms with van der Waals surface area (Å²) >= 11 is 0. The van der Waals surface area contributed by atoms with E-state index in [0.29, 0.717) is 97.0 Å². The minimum atomic E-state index is -2.21. The number of aromatic amines is 2. The minimum Gasteiger partial charge on any atom is -0.383 e. The molecule has 8 bridgehead atoms. The second kappa shape index (κ2) is 52.5. The lowest BCUT2D eigenvalue weighted by Gasteiger charge is -2.26. The van der Waals surface area contributed by atoms with E-state index in [0.717, 1.165) is 331 Å². The van der Waals surface area contributed by atoms with Crippen LogP contribution in [0.2, 0.25) is 0 Å². The van der Waals surface area contributed by atoms with E-state index >= 15 is 35.1 Å². The van der Waals surface area contributed by atoms with Crippen LogP contribution in [0.4, 0.5) is 80.6 Å². The number of hydrogen-bond acceptors (Lipinski definition) is 14. The van der Waals surface area contributed by atoms with Gasteiger partial charge in [0.25, 0.3) is 0 Å². The summed E-state index contributed by atoms with van der Waals surface area (Å²) in [6, 6.07) is 0. The maximum Gasteiger partial charge on any atom is 0.198 e. The van der Waals surface area contributed by atoms with E-state index in [1.54, 1.807) is 0 Å². The van der Waals surface area contributed by atoms with Crippen LogP contribution in [0.1, 0.15) is 364 Å². The van der Waals surface area contributed by atoms with Crippen LogP contribution in [-0.2, 0) is 0 Å². The van der Waals surface area contributed by atoms with Crippen molar-refractivity contribution >= 4 is 89.6 Å². The highest BCUT2D eigenvalue weighted by Crippen LogP contribution is 2.55. The quantitative estimate of drug-likeness (QED) is 0.00746. The number of benzene rings is 4. The van der Waals surface area contributed by atoms with Crippen LogP contribution in [-0.4, -0.2) is 92.2 Å². The molecule has 0 fully saturated rings. The van der Waals surface area contributed by atoms with Crippen LogP contribution in [0.25, 0.3) is 89.7 Å². The number of fused-ring (bicyclic) bond motifs is 20. The normalized spacial score (nSPS) is 11.9. The molecule has 0 saturated heterocycles. The van der Waals surface area contributed by atoms with Crippen molar-refractivity contribution in [2.75, 3.05) is 94.9 Å². The number of hydrogen-bond donors (Lipinski definition) is 10. The molecule has 9 rings (SSSR count). The molecule has 0 atom stereocenters. The van der Waals surface area contributed by atoms with Gasteiger partial charge in [0.1, 0.15) is 22.6 Å². The Hall–Kier alpha value is -7.92. The van der Waals surface area contributed by atoms with Gasteiger partial charge in [0.15, 0.2) is 69.8 Å². The second-order valence-electron chi connectivity index (χ2n) is 33.7. The van der Waals surface area contributed by atoms with Crippen LogP contribution >= 0.6 is 0 Å². The average Bonchev–Trinajstić information content (AvgIpc) is 1.55. The van der Waals surface area contributed by atoms with Crippen molar-refractivity contribution in [3.05, 3.63) is 46.5 Å². The maximum absolute atomic E-state index is 17.5. The van der Waals surface area contributed by atoms with Crippen LogP contribution in [0.3, 0.4) is 0 Å². The second-order valence-corrected chi connectivity index (χ2v) is 33.7. The molecule has 120 heavy (non-hydrogen) atoms. The first-order chi connectivity index (χ1) is 58.7.